The highest BCUT2D eigenvalue weighted by molar-refractivity contribution is 5.87. The standard InChI is InChI=1S/C20H22N4/c21-12-15-7-9-24(10-8-15)20-22-13-19(14-23-20)18-6-5-16-3-1-2-4-17(16)11-18/h1-6,11,13-15H,7-10,12,21H2. The van der Waals surface area contributed by atoms with Crippen molar-refractivity contribution in [2.45, 2.75) is 12.8 Å². The number of anilines is 1. The quantitative estimate of drug-likeness (QED) is 0.803. The smallest absolute Gasteiger partial charge is 0.225 e. The van der Waals surface area contributed by atoms with E-state index in [1.165, 1.54) is 10.8 Å². The van der Waals surface area contributed by atoms with Crippen LogP contribution in [0.25, 0.3) is 21.9 Å². The van der Waals surface area contributed by atoms with Crippen LogP contribution >= 0.6 is 0 Å². The zero-order valence-corrected chi connectivity index (χ0v) is 13.7. The molecule has 1 fully saturated rings. The van der Waals surface area contributed by atoms with Gasteiger partial charge in [-0.3, -0.25) is 0 Å². The number of nitrogens with zero attached hydrogens (tertiary/aromatic N) is 3. The van der Waals surface area contributed by atoms with E-state index in [9.17, 15) is 0 Å². The van der Waals surface area contributed by atoms with Gasteiger partial charge in [0.2, 0.25) is 5.95 Å². The van der Waals surface area contributed by atoms with Crippen LogP contribution in [0.3, 0.4) is 0 Å². The van der Waals surface area contributed by atoms with Gasteiger partial charge in [-0.05, 0) is 47.7 Å². The van der Waals surface area contributed by atoms with Gasteiger partial charge < -0.3 is 10.6 Å². The molecule has 4 nitrogen and oxygen atoms in total. The summed E-state index contributed by atoms with van der Waals surface area (Å²) in [5.41, 5.74) is 7.97. The van der Waals surface area contributed by atoms with Crippen molar-refractivity contribution < 1.29 is 0 Å². The number of hydrogen-bond acceptors (Lipinski definition) is 4. The Morgan fingerprint density at radius 3 is 2.33 bits per heavy atom. The van der Waals surface area contributed by atoms with Crippen LogP contribution in [-0.2, 0) is 0 Å². The predicted octanol–water partition coefficient (Wildman–Crippen LogP) is 3.47. The number of piperidine rings is 1. The van der Waals surface area contributed by atoms with Gasteiger partial charge >= 0.3 is 0 Å². The molecule has 4 heteroatoms. The number of benzene rings is 2. The molecule has 122 valence electrons. The largest absolute Gasteiger partial charge is 0.341 e. The molecule has 2 aromatic carbocycles. The molecule has 2 N–H and O–H groups in total. The summed E-state index contributed by atoms with van der Waals surface area (Å²) in [5.74, 6) is 1.48. The molecular formula is C20H22N4. The van der Waals surface area contributed by atoms with Crippen molar-refractivity contribution in [2.24, 2.45) is 11.7 Å². The van der Waals surface area contributed by atoms with E-state index >= 15 is 0 Å². The molecule has 0 amide bonds. The summed E-state index contributed by atoms with van der Waals surface area (Å²) in [6.07, 6.45) is 6.13. The summed E-state index contributed by atoms with van der Waals surface area (Å²) < 4.78 is 0. The average molecular weight is 318 g/mol. The van der Waals surface area contributed by atoms with Crippen LogP contribution in [0.1, 0.15) is 12.8 Å². The van der Waals surface area contributed by atoms with E-state index in [0.29, 0.717) is 5.92 Å². The Balaban J connectivity index is 1.54. The maximum atomic E-state index is 5.76. The minimum atomic E-state index is 0.651. The lowest BCUT2D eigenvalue weighted by Crippen LogP contribution is -2.37. The summed E-state index contributed by atoms with van der Waals surface area (Å²) in [5, 5.41) is 2.49. The molecule has 0 saturated carbocycles. The highest BCUT2D eigenvalue weighted by Crippen LogP contribution is 2.25. The zero-order chi connectivity index (χ0) is 16.4. The Bertz CT molecular complexity index is 820. The van der Waals surface area contributed by atoms with Gasteiger partial charge in [0, 0.05) is 31.0 Å². The molecule has 0 bridgehead atoms. The number of hydrogen-bond donors (Lipinski definition) is 1. The van der Waals surface area contributed by atoms with E-state index in [0.717, 1.165) is 49.6 Å². The van der Waals surface area contributed by atoms with Crippen molar-refractivity contribution >= 4 is 16.7 Å². The van der Waals surface area contributed by atoms with E-state index in [1.54, 1.807) is 0 Å². The molecule has 24 heavy (non-hydrogen) atoms. The third-order valence-corrected chi connectivity index (χ3v) is 4.95. The average Bonchev–Trinajstić information content (AvgIpc) is 2.68. The molecule has 0 radical (unpaired) electrons. The maximum Gasteiger partial charge on any atom is 0.225 e. The van der Waals surface area contributed by atoms with E-state index in [2.05, 4.69) is 57.3 Å². The molecule has 2 heterocycles. The van der Waals surface area contributed by atoms with E-state index in [4.69, 9.17) is 5.73 Å². The molecule has 0 spiro atoms. The molecular weight excluding hydrogens is 296 g/mol. The fraction of sp³-hybridized carbons (Fsp3) is 0.300. The minimum absolute atomic E-state index is 0.651. The number of fused-ring (bicyclic) bond motifs is 1. The molecule has 1 aromatic heterocycles. The fourth-order valence-corrected chi connectivity index (χ4v) is 3.37. The predicted molar refractivity (Wildman–Crippen MR) is 99.0 cm³/mol. The molecule has 1 aliphatic heterocycles. The second-order valence-corrected chi connectivity index (χ2v) is 6.50. The summed E-state index contributed by atoms with van der Waals surface area (Å²) in [4.78, 5) is 11.4. The van der Waals surface area contributed by atoms with Crippen LogP contribution in [0.5, 0.6) is 0 Å². The van der Waals surface area contributed by atoms with Crippen LogP contribution in [0.4, 0.5) is 5.95 Å². The Morgan fingerprint density at radius 2 is 1.62 bits per heavy atom. The van der Waals surface area contributed by atoms with Crippen molar-refractivity contribution in [1.82, 2.24) is 9.97 Å². The third kappa shape index (κ3) is 2.97. The van der Waals surface area contributed by atoms with Crippen LogP contribution in [0.2, 0.25) is 0 Å². The number of rotatable bonds is 3. The molecule has 4 rings (SSSR count). The fourth-order valence-electron chi connectivity index (χ4n) is 3.37. The first kappa shape index (κ1) is 15.1. The Labute approximate surface area is 142 Å². The molecule has 1 saturated heterocycles. The van der Waals surface area contributed by atoms with E-state index in [1.807, 2.05) is 12.4 Å². The molecule has 0 atom stereocenters. The molecule has 0 aliphatic carbocycles. The van der Waals surface area contributed by atoms with Crippen molar-refractivity contribution in [1.29, 1.82) is 0 Å². The van der Waals surface area contributed by atoms with Gasteiger partial charge in [-0.2, -0.15) is 0 Å². The summed E-state index contributed by atoms with van der Waals surface area (Å²) in [6.45, 7) is 2.78. The Kier molecular flexibility index (Phi) is 4.13. The van der Waals surface area contributed by atoms with Crippen LogP contribution in [-0.4, -0.2) is 29.6 Å². The third-order valence-electron chi connectivity index (χ3n) is 4.95. The second-order valence-electron chi connectivity index (χ2n) is 6.50. The molecule has 1 aliphatic rings. The lowest BCUT2D eigenvalue weighted by atomic mass is 9.97. The van der Waals surface area contributed by atoms with Gasteiger partial charge in [0.1, 0.15) is 0 Å². The summed E-state index contributed by atoms with van der Waals surface area (Å²) in [6, 6.07) is 14.9. The Hall–Kier alpha value is -2.46. The number of nitrogens with two attached hydrogens (primary N) is 1. The second kappa shape index (κ2) is 6.57. The van der Waals surface area contributed by atoms with Crippen LogP contribution in [0, 0.1) is 5.92 Å². The van der Waals surface area contributed by atoms with E-state index in [-0.39, 0.29) is 0 Å². The summed E-state index contributed by atoms with van der Waals surface area (Å²) in [7, 11) is 0. The van der Waals surface area contributed by atoms with Gasteiger partial charge in [-0.1, -0.05) is 36.4 Å². The van der Waals surface area contributed by atoms with E-state index < -0.39 is 0 Å². The SMILES string of the molecule is NCC1CCN(c2ncc(-c3ccc4ccccc4c3)cn2)CC1. The van der Waals surface area contributed by atoms with Gasteiger partial charge in [0.15, 0.2) is 0 Å². The maximum absolute atomic E-state index is 5.76. The highest BCUT2D eigenvalue weighted by atomic mass is 15.2. The molecule has 3 aromatic rings. The van der Waals surface area contributed by atoms with Crippen molar-refractivity contribution in [3.8, 4) is 11.1 Å². The zero-order valence-electron chi connectivity index (χ0n) is 13.7. The molecule has 0 unspecified atom stereocenters. The van der Waals surface area contributed by atoms with Gasteiger partial charge in [0.25, 0.3) is 0 Å². The van der Waals surface area contributed by atoms with Crippen molar-refractivity contribution in [3.05, 3.63) is 54.9 Å². The van der Waals surface area contributed by atoms with Crippen LogP contribution < -0.4 is 10.6 Å². The topological polar surface area (TPSA) is 55.0 Å². The van der Waals surface area contributed by atoms with Gasteiger partial charge in [-0.15, -0.1) is 0 Å². The lowest BCUT2D eigenvalue weighted by Gasteiger charge is -2.31. The normalized spacial score (nSPS) is 15.8. The van der Waals surface area contributed by atoms with Gasteiger partial charge in [-0.25, -0.2) is 9.97 Å². The number of aromatic nitrogens is 2. The minimum Gasteiger partial charge on any atom is -0.341 e. The highest BCUT2D eigenvalue weighted by Gasteiger charge is 2.19. The first-order valence-corrected chi connectivity index (χ1v) is 8.60. The first-order chi connectivity index (χ1) is 11.8. The Morgan fingerprint density at radius 1 is 0.917 bits per heavy atom. The van der Waals surface area contributed by atoms with Crippen LogP contribution in [0.15, 0.2) is 54.9 Å². The monoisotopic (exact) mass is 318 g/mol. The summed E-state index contributed by atoms with van der Waals surface area (Å²) >= 11 is 0. The van der Waals surface area contributed by atoms with Gasteiger partial charge in [0.05, 0.1) is 0 Å². The van der Waals surface area contributed by atoms with Crippen molar-refractivity contribution in [3.63, 3.8) is 0 Å². The lowest BCUT2D eigenvalue weighted by molar-refractivity contribution is 0.411. The van der Waals surface area contributed by atoms with Crippen molar-refractivity contribution in [2.75, 3.05) is 24.5 Å². The first-order valence-electron chi connectivity index (χ1n) is 8.60.